The molecular formula is C25H33N3O2. The summed E-state index contributed by atoms with van der Waals surface area (Å²) in [5.74, 6) is 0.387. The Morgan fingerprint density at radius 1 is 1.03 bits per heavy atom. The summed E-state index contributed by atoms with van der Waals surface area (Å²) in [6, 6.07) is 18.9. The van der Waals surface area contributed by atoms with Crippen molar-refractivity contribution in [3.8, 4) is 0 Å². The molecule has 30 heavy (non-hydrogen) atoms. The fraction of sp³-hybridized carbons (Fsp3) is 0.480. The molecule has 2 atom stereocenters. The molecular weight excluding hydrogens is 374 g/mol. The van der Waals surface area contributed by atoms with Gasteiger partial charge in [-0.25, -0.2) is 4.79 Å². The highest BCUT2D eigenvalue weighted by Crippen LogP contribution is 2.26. The van der Waals surface area contributed by atoms with Gasteiger partial charge in [-0.1, -0.05) is 61.0 Å². The Morgan fingerprint density at radius 2 is 1.80 bits per heavy atom. The van der Waals surface area contributed by atoms with E-state index in [0.717, 1.165) is 51.9 Å². The minimum absolute atomic E-state index is 0.0547. The number of hydrogen-bond acceptors (Lipinski definition) is 3. The van der Waals surface area contributed by atoms with Gasteiger partial charge in [-0.2, -0.15) is 0 Å². The van der Waals surface area contributed by atoms with E-state index in [0.29, 0.717) is 19.0 Å². The summed E-state index contributed by atoms with van der Waals surface area (Å²) >= 11 is 0. The molecule has 5 nitrogen and oxygen atoms in total. The smallest absolute Gasteiger partial charge is 0.317 e. The Hall–Kier alpha value is -2.37. The van der Waals surface area contributed by atoms with Crippen molar-refractivity contribution in [1.82, 2.24) is 15.1 Å². The van der Waals surface area contributed by atoms with Crippen molar-refractivity contribution in [2.24, 2.45) is 0 Å². The van der Waals surface area contributed by atoms with Gasteiger partial charge in [-0.3, -0.25) is 4.90 Å². The molecule has 4 rings (SSSR count). The minimum atomic E-state index is -0.559. The van der Waals surface area contributed by atoms with Crippen LogP contribution >= 0.6 is 0 Å². The van der Waals surface area contributed by atoms with Crippen LogP contribution in [0.2, 0.25) is 0 Å². The number of amides is 2. The number of β-amino-alcohol motifs (C(OH)–C–C–N with tert-alkyl or cyclic N) is 1. The van der Waals surface area contributed by atoms with Crippen molar-refractivity contribution in [2.45, 2.75) is 44.2 Å². The highest BCUT2D eigenvalue weighted by molar-refractivity contribution is 5.74. The van der Waals surface area contributed by atoms with E-state index in [-0.39, 0.29) is 6.03 Å². The molecule has 0 aromatic heterocycles. The number of likely N-dealkylation sites (tertiary alicyclic amines) is 1. The number of carbonyl (C=O) groups excluding carboxylic acids is 1. The number of carbonyl (C=O) groups is 1. The fourth-order valence-electron chi connectivity index (χ4n) is 4.71. The van der Waals surface area contributed by atoms with E-state index in [1.165, 1.54) is 16.7 Å². The summed E-state index contributed by atoms with van der Waals surface area (Å²) in [6.07, 6.45) is 3.75. The van der Waals surface area contributed by atoms with E-state index >= 15 is 0 Å². The number of urea groups is 1. The molecule has 0 spiro atoms. The van der Waals surface area contributed by atoms with Gasteiger partial charge in [0.15, 0.2) is 0 Å². The average molecular weight is 408 g/mol. The van der Waals surface area contributed by atoms with Crippen molar-refractivity contribution < 1.29 is 9.90 Å². The van der Waals surface area contributed by atoms with Crippen LogP contribution in [0, 0.1) is 0 Å². The first-order chi connectivity index (χ1) is 14.7. The summed E-state index contributed by atoms with van der Waals surface area (Å²) in [4.78, 5) is 17.0. The number of fused-ring (bicyclic) bond motifs is 1. The van der Waals surface area contributed by atoms with Crippen LogP contribution in [0.4, 0.5) is 4.79 Å². The van der Waals surface area contributed by atoms with Gasteiger partial charge < -0.3 is 15.3 Å². The molecule has 0 bridgehead atoms. The van der Waals surface area contributed by atoms with Crippen LogP contribution in [0.5, 0.6) is 0 Å². The van der Waals surface area contributed by atoms with Crippen LogP contribution in [0.1, 0.15) is 41.9 Å². The van der Waals surface area contributed by atoms with Crippen molar-refractivity contribution in [3.05, 3.63) is 71.3 Å². The number of rotatable bonds is 5. The molecule has 2 aliphatic heterocycles. The van der Waals surface area contributed by atoms with Gasteiger partial charge in [0.2, 0.25) is 0 Å². The molecule has 160 valence electrons. The van der Waals surface area contributed by atoms with Gasteiger partial charge in [0.25, 0.3) is 0 Å². The lowest BCUT2D eigenvalue weighted by molar-refractivity contribution is 0.103. The van der Waals surface area contributed by atoms with Crippen molar-refractivity contribution in [3.63, 3.8) is 0 Å². The first-order valence-corrected chi connectivity index (χ1v) is 11.2. The lowest BCUT2D eigenvalue weighted by Crippen LogP contribution is -2.46. The number of nitrogens with zero attached hydrogens (tertiary/aromatic N) is 2. The largest absolute Gasteiger partial charge is 0.390 e. The summed E-state index contributed by atoms with van der Waals surface area (Å²) in [6.45, 7) is 4.23. The maximum Gasteiger partial charge on any atom is 0.317 e. The molecule has 1 saturated heterocycles. The van der Waals surface area contributed by atoms with Gasteiger partial charge in [-0.15, -0.1) is 0 Å². The molecule has 2 N–H and O–H groups in total. The van der Waals surface area contributed by atoms with Crippen LogP contribution in [0.3, 0.4) is 0 Å². The normalized spacial score (nSPS) is 20.8. The van der Waals surface area contributed by atoms with Crippen molar-refractivity contribution in [2.75, 3.05) is 32.7 Å². The molecule has 2 heterocycles. The second-order valence-electron chi connectivity index (χ2n) is 8.64. The Kier molecular flexibility index (Phi) is 7.03. The second-order valence-corrected chi connectivity index (χ2v) is 8.64. The van der Waals surface area contributed by atoms with Crippen LogP contribution in [-0.4, -0.2) is 59.8 Å². The zero-order valence-electron chi connectivity index (χ0n) is 17.7. The predicted octanol–water partition coefficient (Wildman–Crippen LogP) is 3.38. The van der Waals surface area contributed by atoms with Crippen LogP contribution in [0.15, 0.2) is 54.6 Å². The topological polar surface area (TPSA) is 55.8 Å². The zero-order valence-corrected chi connectivity index (χ0v) is 17.7. The Balaban J connectivity index is 1.25. The first-order valence-electron chi connectivity index (χ1n) is 11.2. The minimum Gasteiger partial charge on any atom is -0.390 e. The number of nitrogens with one attached hydrogen (secondary N) is 1. The van der Waals surface area contributed by atoms with E-state index in [4.69, 9.17) is 0 Å². The zero-order chi connectivity index (χ0) is 20.8. The molecule has 2 amide bonds. The molecule has 2 aromatic rings. The predicted molar refractivity (Wildman–Crippen MR) is 119 cm³/mol. The van der Waals surface area contributed by atoms with E-state index < -0.39 is 6.10 Å². The van der Waals surface area contributed by atoms with E-state index in [9.17, 15) is 9.90 Å². The van der Waals surface area contributed by atoms with Crippen LogP contribution in [0.25, 0.3) is 0 Å². The molecule has 0 radical (unpaired) electrons. The number of benzene rings is 2. The summed E-state index contributed by atoms with van der Waals surface area (Å²) < 4.78 is 0. The highest BCUT2D eigenvalue weighted by Gasteiger charge is 2.24. The second kappa shape index (κ2) is 10.1. The van der Waals surface area contributed by atoms with Crippen LogP contribution < -0.4 is 5.32 Å². The Morgan fingerprint density at radius 3 is 2.63 bits per heavy atom. The maximum absolute atomic E-state index is 12.8. The lowest BCUT2D eigenvalue weighted by Gasteiger charge is -2.31. The standard InChI is InChI=1S/C25H33N3O2/c29-24(19-27-15-13-21-10-4-5-11-22(21)17-27)16-26-25(30)28-14-7-6-12-23(18-28)20-8-2-1-3-9-20/h1-5,8-11,23-24,29H,6-7,12-19H2,(H,26,30). The monoisotopic (exact) mass is 407 g/mol. The molecule has 2 aromatic carbocycles. The van der Waals surface area contributed by atoms with E-state index in [1.54, 1.807) is 0 Å². The first kappa shape index (κ1) is 20.9. The van der Waals surface area contributed by atoms with Crippen LogP contribution in [-0.2, 0) is 13.0 Å². The summed E-state index contributed by atoms with van der Waals surface area (Å²) in [5, 5.41) is 13.5. The fourth-order valence-corrected chi connectivity index (χ4v) is 4.71. The molecule has 2 aliphatic rings. The molecule has 0 saturated carbocycles. The van der Waals surface area contributed by atoms with Crippen molar-refractivity contribution in [1.29, 1.82) is 0 Å². The summed E-state index contributed by atoms with van der Waals surface area (Å²) in [7, 11) is 0. The molecule has 5 heteroatoms. The third-order valence-corrected chi connectivity index (χ3v) is 6.40. The quantitative estimate of drug-likeness (QED) is 0.799. The third-order valence-electron chi connectivity index (χ3n) is 6.40. The maximum atomic E-state index is 12.8. The number of hydrogen-bond donors (Lipinski definition) is 2. The lowest BCUT2D eigenvalue weighted by atomic mass is 9.94. The van der Waals surface area contributed by atoms with Gasteiger partial charge in [-0.05, 0) is 36.0 Å². The number of aliphatic hydroxyl groups is 1. The Bertz CT molecular complexity index is 826. The summed E-state index contributed by atoms with van der Waals surface area (Å²) in [5.41, 5.74) is 4.06. The molecule has 0 aliphatic carbocycles. The van der Waals surface area contributed by atoms with E-state index in [2.05, 4.69) is 58.7 Å². The SMILES string of the molecule is O=C(NCC(O)CN1CCc2ccccc2C1)N1CCCCC(c2ccccc2)C1. The average Bonchev–Trinajstić information content (AvgIpc) is 3.04. The van der Waals surface area contributed by atoms with E-state index in [1.807, 2.05) is 11.0 Å². The Labute approximate surface area is 179 Å². The van der Waals surface area contributed by atoms with Gasteiger partial charge >= 0.3 is 6.03 Å². The number of aliphatic hydroxyl groups excluding tert-OH is 1. The van der Waals surface area contributed by atoms with Crippen molar-refractivity contribution >= 4 is 6.03 Å². The van der Waals surface area contributed by atoms with Gasteiger partial charge in [0.1, 0.15) is 0 Å². The third kappa shape index (κ3) is 5.41. The highest BCUT2D eigenvalue weighted by atomic mass is 16.3. The van der Waals surface area contributed by atoms with Gasteiger partial charge in [0, 0.05) is 45.2 Å². The molecule has 1 fully saturated rings. The molecule has 2 unspecified atom stereocenters. The van der Waals surface area contributed by atoms with Gasteiger partial charge in [0.05, 0.1) is 6.10 Å².